The Morgan fingerprint density at radius 3 is 2.76 bits per heavy atom. The van der Waals surface area contributed by atoms with Crippen LogP contribution in [0.15, 0.2) is 71.8 Å². The summed E-state index contributed by atoms with van der Waals surface area (Å²) in [6.45, 7) is 2.90. The average Bonchev–Trinajstić information content (AvgIpc) is 3.26. The molecule has 0 amide bonds. The molecule has 1 fully saturated rings. The molecular formula is C26H25FN4O2. The van der Waals surface area contributed by atoms with Crippen LogP contribution >= 0.6 is 0 Å². The Labute approximate surface area is 192 Å². The minimum Gasteiger partial charge on any atom is -0.496 e. The van der Waals surface area contributed by atoms with Crippen molar-refractivity contribution in [1.29, 1.82) is 0 Å². The lowest BCUT2D eigenvalue weighted by Gasteiger charge is -2.39. The molecule has 33 heavy (non-hydrogen) atoms. The van der Waals surface area contributed by atoms with Gasteiger partial charge in [-0.2, -0.15) is 0 Å². The van der Waals surface area contributed by atoms with Crippen LogP contribution in [-0.2, 0) is 10.6 Å². The largest absolute Gasteiger partial charge is 0.496 e. The van der Waals surface area contributed by atoms with E-state index < -0.39 is 5.72 Å². The fourth-order valence-corrected chi connectivity index (χ4v) is 4.61. The maximum absolute atomic E-state index is 13.5. The molecule has 2 aliphatic heterocycles. The van der Waals surface area contributed by atoms with Crippen molar-refractivity contribution in [3.05, 3.63) is 83.6 Å². The van der Waals surface area contributed by atoms with E-state index in [1.165, 1.54) is 12.1 Å². The summed E-state index contributed by atoms with van der Waals surface area (Å²) in [5.74, 6) is 1.31. The first-order chi connectivity index (χ1) is 16.1. The second-order valence-electron chi connectivity index (χ2n) is 8.13. The Morgan fingerprint density at radius 1 is 1.18 bits per heavy atom. The predicted octanol–water partition coefficient (Wildman–Crippen LogP) is 5.38. The molecule has 3 aromatic rings. The van der Waals surface area contributed by atoms with Gasteiger partial charge >= 0.3 is 0 Å². The van der Waals surface area contributed by atoms with Gasteiger partial charge < -0.3 is 14.5 Å². The molecule has 3 heterocycles. The summed E-state index contributed by atoms with van der Waals surface area (Å²) in [5, 5.41) is 4.50. The number of fused-ring (bicyclic) bond motifs is 1. The lowest BCUT2D eigenvalue weighted by molar-refractivity contribution is -0.109. The van der Waals surface area contributed by atoms with E-state index in [4.69, 9.17) is 9.57 Å². The van der Waals surface area contributed by atoms with Crippen molar-refractivity contribution in [3.8, 4) is 17.0 Å². The van der Waals surface area contributed by atoms with Crippen molar-refractivity contribution in [2.24, 2.45) is 5.16 Å². The van der Waals surface area contributed by atoms with E-state index in [9.17, 15) is 4.39 Å². The van der Waals surface area contributed by atoms with Crippen LogP contribution in [0.3, 0.4) is 0 Å². The van der Waals surface area contributed by atoms with E-state index in [0.717, 1.165) is 58.9 Å². The molecule has 1 saturated heterocycles. The molecule has 0 saturated carbocycles. The summed E-state index contributed by atoms with van der Waals surface area (Å²) in [4.78, 5) is 16.8. The minimum absolute atomic E-state index is 0.262. The topological polar surface area (TPSA) is 59.8 Å². The first-order valence-corrected chi connectivity index (χ1v) is 11.1. The number of methoxy groups -OCH3 is 1. The van der Waals surface area contributed by atoms with Gasteiger partial charge in [-0.15, -0.1) is 0 Å². The van der Waals surface area contributed by atoms with E-state index in [-0.39, 0.29) is 5.82 Å². The standard InChI is InChI=1S/C26H25FN4O2/c1-3-26(20-7-9-21(27)10-8-20)31-14-4-5-19(25(31)30-33-26)15-18-6-11-22(24(16-18)32-2)23-17-28-12-13-29-23/h6-13,15-17H,3-5,14H2,1-2H3/b19-15+. The minimum atomic E-state index is -0.712. The zero-order valence-electron chi connectivity index (χ0n) is 18.7. The third-order valence-corrected chi connectivity index (χ3v) is 6.27. The number of oxime groups is 1. The Balaban J connectivity index is 1.47. The van der Waals surface area contributed by atoms with Crippen LogP contribution in [0, 0.1) is 5.82 Å². The molecule has 168 valence electrons. The van der Waals surface area contributed by atoms with E-state index in [0.29, 0.717) is 6.42 Å². The second-order valence-corrected chi connectivity index (χ2v) is 8.13. The lowest BCUT2D eigenvalue weighted by atomic mass is 9.93. The molecule has 7 heteroatoms. The number of hydrogen-bond donors (Lipinski definition) is 0. The van der Waals surface area contributed by atoms with Crippen molar-refractivity contribution >= 4 is 11.9 Å². The van der Waals surface area contributed by atoms with Crippen molar-refractivity contribution in [3.63, 3.8) is 0 Å². The van der Waals surface area contributed by atoms with Gasteiger partial charge in [-0.25, -0.2) is 4.39 Å². The van der Waals surface area contributed by atoms with Crippen LogP contribution in [-0.4, -0.2) is 34.4 Å². The van der Waals surface area contributed by atoms with Crippen LogP contribution in [0.1, 0.15) is 37.3 Å². The summed E-state index contributed by atoms with van der Waals surface area (Å²) < 4.78 is 19.2. The lowest BCUT2D eigenvalue weighted by Crippen LogP contribution is -2.48. The SMILES string of the molecule is CCC1(c2ccc(F)cc2)ON=C2/C(=C/c3ccc(-c4cnccn4)c(OC)c3)CCCN21. The summed E-state index contributed by atoms with van der Waals surface area (Å²) in [7, 11) is 1.65. The van der Waals surface area contributed by atoms with Crippen LogP contribution in [0.4, 0.5) is 4.39 Å². The normalized spacial score (nSPS) is 20.9. The van der Waals surface area contributed by atoms with Crippen LogP contribution in [0.2, 0.25) is 0 Å². The number of halogens is 1. The molecule has 0 N–H and O–H groups in total. The van der Waals surface area contributed by atoms with Crippen molar-refractivity contribution in [1.82, 2.24) is 14.9 Å². The number of nitrogens with zero attached hydrogens (tertiary/aromatic N) is 4. The quantitative estimate of drug-likeness (QED) is 0.529. The van der Waals surface area contributed by atoms with E-state index >= 15 is 0 Å². The van der Waals surface area contributed by atoms with Crippen molar-refractivity contribution in [2.45, 2.75) is 31.9 Å². The maximum Gasteiger partial charge on any atom is 0.237 e. The number of ether oxygens (including phenoxy) is 1. The predicted molar refractivity (Wildman–Crippen MR) is 125 cm³/mol. The molecule has 0 aliphatic carbocycles. The van der Waals surface area contributed by atoms with Gasteiger partial charge in [-0.1, -0.05) is 30.3 Å². The van der Waals surface area contributed by atoms with E-state index in [1.54, 1.807) is 37.8 Å². The number of rotatable bonds is 5. The number of aromatic nitrogens is 2. The summed E-state index contributed by atoms with van der Waals surface area (Å²) >= 11 is 0. The second kappa shape index (κ2) is 8.65. The Kier molecular flexibility index (Phi) is 5.54. The van der Waals surface area contributed by atoms with Gasteiger partial charge in [0.15, 0.2) is 5.84 Å². The average molecular weight is 445 g/mol. The number of piperidine rings is 1. The van der Waals surface area contributed by atoms with Gasteiger partial charge in [0.05, 0.1) is 19.0 Å². The molecule has 0 radical (unpaired) electrons. The number of benzene rings is 2. The van der Waals surface area contributed by atoms with Gasteiger partial charge in [0.2, 0.25) is 5.72 Å². The van der Waals surface area contributed by atoms with Crippen LogP contribution in [0.25, 0.3) is 17.3 Å². The highest BCUT2D eigenvalue weighted by atomic mass is 19.1. The van der Waals surface area contributed by atoms with Gasteiger partial charge in [0, 0.05) is 36.5 Å². The number of amidine groups is 1. The molecule has 2 aliphatic rings. The highest BCUT2D eigenvalue weighted by Crippen LogP contribution is 2.42. The number of hydrogen-bond acceptors (Lipinski definition) is 6. The molecule has 1 aromatic heterocycles. The summed E-state index contributed by atoms with van der Waals surface area (Å²) in [6, 6.07) is 12.6. The molecule has 0 bridgehead atoms. The third-order valence-electron chi connectivity index (χ3n) is 6.27. The van der Waals surface area contributed by atoms with Gasteiger partial charge in [0.1, 0.15) is 11.6 Å². The molecule has 5 rings (SSSR count). The molecule has 0 spiro atoms. The van der Waals surface area contributed by atoms with Crippen molar-refractivity contribution < 1.29 is 14.0 Å². The maximum atomic E-state index is 13.5. The Morgan fingerprint density at radius 2 is 2.03 bits per heavy atom. The third kappa shape index (κ3) is 3.73. The summed E-state index contributed by atoms with van der Waals surface area (Å²) in [6.07, 6.45) is 9.74. The fraction of sp³-hybridized carbons (Fsp3) is 0.269. The Hall–Kier alpha value is -3.74. The smallest absolute Gasteiger partial charge is 0.237 e. The zero-order chi connectivity index (χ0) is 22.8. The van der Waals surface area contributed by atoms with Crippen molar-refractivity contribution in [2.75, 3.05) is 13.7 Å². The monoisotopic (exact) mass is 444 g/mol. The molecule has 2 aromatic carbocycles. The summed E-state index contributed by atoms with van der Waals surface area (Å²) in [5.41, 5.74) is 3.96. The van der Waals surface area contributed by atoms with E-state index in [1.807, 2.05) is 18.2 Å². The molecule has 1 atom stereocenters. The highest BCUT2D eigenvalue weighted by Gasteiger charge is 2.48. The van der Waals surface area contributed by atoms with Gasteiger partial charge in [0.25, 0.3) is 0 Å². The first-order valence-electron chi connectivity index (χ1n) is 11.1. The molecule has 6 nitrogen and oxygen atoms in total. The molecule has 1 unspecified atom stereocenters. The van der Waals surface area contributed by atoms with Crippen LogP contribution < -0.4 is 4.74 Å². The zero-order valence-corrected chi connectivity index (χ0v) is 18.7. The van der Waals surface area contributed by atoms with Crippen LogP contribution in [0.5, 0.6) is 5.75 Å². The van der Waals surface area contributed by atoms with E-state index in [2.05, 4.69) is 33.0 Å². The first kappa shape index (κ1) is 21.1. The van der Waals surface area contributed by atoms with Gasteiger partial charge in [-0.05, 0) is 54.3 Å². The highest BCUT2D eigenvalue weighted by molar-refractivity contribution is 6.03. The van der Waals surface area contributed by atoms with Gasteiger partial charge in [-0.3, -0.25) is 9.97 Å². The molecular weight excluding hydrogens is 419 g/mol. The Bertz CT molecular complexity index is 1210. The fourth-order valence-electron chi connectivity index (χ4n) is 4.61.